The third-order valence-corrected chi connectivity index (χ3v) is 3.48. The number of carbonyl (C=O) groups is 1. The number of benzene rings is 1. The van der Waals surface area contributed by atoms with E-state index in [-0.39, 0.29) is 17.9 Å². The maximum Gasteiger partial charge on any atom is 0.237 e. The minimum Gasteiger partial charge on any atom is -0.497 e. The second-order valence-corrected chi connectivity index (χ2v) is 6.21. The molecule has 0 aliphatic heterocycles. The van der Waals surface area contributed by atoms with E-state index in [1.54, 1.807) is 25.3 Å². The van der Waals surface area contributed by atoms with Crippen molar-refractivity contribution in [3.05, 3.63) is 23.8 Å². The van der Waals surface area contributed by atoms with E-state index in [0.29, 0.717) is 17.1 Å². The first kappa shape index (κ1) is 18.3. The van der Waals surface area contributed by atoms with Crippen LogP contribution in [0.2, 0.25) is 0 Å². The van der Waals surface area contributed by atoms with Crippen LogP contribution in [0.1, 0.15) is 32.4 Å². The van der Waals surface area contributed by atoms with Gasteiger partial charge in [-0.15, -0.1) is 0 Å². The quantitative estimate of drug-likeness (QED) is 0.734. The number of nitrogens with two attached hydrogens (primary N) is 1. The van der Waals surface area contributed by atoms with Crippen molar-refractivity contribution in [3.63, 3.8) is 0 Å². The molecule has 0 aliphatic carbocycles. The van der Waals surface area contributed by atoms with Gasteiger partial charge >= 0.3 is 0 Å². The van der Waals surface area contributed by atoms with Gasteiger partial charge in [0.1, 0.15) is 11.5 Å². The van der Waals surface area contributed by atoms with Gasteiger partial charge in [0.15, 0.2) is 0 Å². The normalized spacial score (nSPS) is 14.1. The van der Waals surface area contributed by atoms with Crippen LogP contribution in [0.4, 0.5) is 0 Å². The average molecular weight is 310 g/mol. The van der Waals surface area contributed by atoms with Crippen molar-refractivity contribution < 1.29 is 19.4 Å². The Morgan fingerprint density at radius 2 is 1.95 bits per heavy atom. The van der Waals surface area contributed by atoms with Crippen LogP contribution >= 0.6 is 0 Å². The highest BCUT2D eigenvalue weighted by molar-refractivity contribution is 5.82. The van der Waals surface area contributed by atoms with E-state index in [1.807, 2.05) is 20.8 Å². The lowest BCUT2D eigenvalue weighted by Crippen LogP contribution is -2.49. The van der Waals surface area contributed by atoms with E-state index < -0.39 is 12.1 Å². The SMILES string of the molecule is COc1ccc(OC)c(C(O)CNC(=O)[C@@H](N)C(C)(C)C)c1. The molecule has 2 atom stereocenters. The number of aliphatic hydroxyl groups excluding tert-OH is 1. The highest BCUT2D eigenvalue weighted by Gasteiger charge is 2.27. The number of hydrogen-bond donors (Lipinski definition) is 3. The Balaban J connectivity index is 2.77. The number of amides is 1. The Bertz CT molecular complexity index is 511. The van der Waals surface area contributed by atoms with Gasteiger partial charge in [-0.2, -0.15) is 0 Å². The molecular formula is C16H26N2O4. The summed E-state index contributed by atoms with van der Waals surface area (Å²) in [4.78, 5) is 12.0. The predicted molar refractivity (Wildman–Crippen MR) is 84.9 cm³/mol. The molecule has 0 radical (unpaired) electrons. The maximum absolute atomic E-state index is 12.0. The van der Waals surface area contributed by atoms with Crippen LogP contribution in [-0.4, -0.2) is 37.8 Å². The number of nitrogens with one attached hydrogen (secondary N) is 1. The lowest BCUT2D eigenvalue weighted by Gasteiger charge is -2.26. The van der Waals surface area contributed by atoms with Crippen LogP contribution in [-0.2, 0) is 4.79 Å². The second-order valence-electron chi connectivity index (χ2n) is 6.21. The first-order valence-corrected chi connectivity index (χ1v) is 7.14. The number of methoxy groups -OCH3 is 2. The minimum atomic E-state index is -0.916. The molecule has 1 unspecified atom stereocenters. The Labute approximate surface area is 131 Å². The third-order valence-electron chi connectivity index (χ3n) is 3.48. The lowest BCUT2D eigenvalue weighted by atomic mass is 9.87. The van der Waals surface area contributed by atoms with E-state index in [2.05, 4.69) is 5.32 Å². The van der Waals surface area contributed by atoms with Crippen LogP contribution in [0.5, 0.6) is 11.5 Å². The summed E-state index contributed by atoms with van der Waals surface area (Å²) in [6, 6.07) is 4.48. The zero-order valence-corrected chi connectivity index (χ0v) is 13.8. The third kappa shape index (κ3) is 4.61. The van der Waals surface area contributed by atoms with E-state index in [9.17, 15) is 9.90 Å². The van der Waals surface area contributed by atoms with Crippen molar-refractivity contribution in [2.75, 3.05) is 20.8 Å². The zero-order valence-electron chi connectivity index (χ0n) is 13.8. The summed E-state index contributed by atoms with van der Waals surface area (Å²) in [5.74, 6) is 0.837. The summed E-state index contributed by atoms with van der Waals surface area (Å²) in [5.41, 5.74) is 6.09. The van der Waals surface area contributed by atoms with Crippen LogP contribution in [0.25, 0.3) is 0 Å². The molecule has 0 bridgehead atoms. The van der Waals surface area contributed by atoms with Crippen LogP contribution < -0.4 is 20.5 Å². The fourth-order valence-corrected chi connectivity index (χ4v) is 1.91. The highest BCUT2D eigenvalue weighted by atomic mass is 16.5. The first-order valence-electron chi connectivity index (χ1n) is 7.14. The highest BCUT2D eigenvalue weighted by Crippen LogP contribution is 2.29. The van der Waals surface area contributed by atoms with Crippen molar-refractivity contribution in [1.82, 2.24) is 5.32 Å². The summed E-state index contributed by atoms with van der Waals surface area (Å²) in [6.07, 6.45) is -0.916. The van der Waals surface area contributed by atoms with Crippen LogP contribution in [0.15, 0.2) is 18.2 Å². The predicted octanol–water partition coefficient (Wildman–Crippen LogP) is 1.23. The van der Waals surface area contributed by atoms with Crippen LogP contribution in [0.3, 0.4) is 0 Å². The minimum absolute atomic E-state index is 0.0478. The van der Waals surface area contributed by atoms with Crippen molar-refractivity contribution >= 4 is 5.91 Å². The van der Waals surface area contributed by atoms with E-state index in [4.69, 9.17) is 15.2 Å². The number of hydrogen-bond acceptors (Lipinski definition) is 5. The van der Waals surface area contributed by atoms with Gasteiger partial charge in [-0.05, 0) is 23.6 Å². The standard InChI is InChI=1S/C16H26N2O4/c1-16(2,3)14(17)15(20)18-9-12(19)11-8-10(21-4)6-7-13(11)22-5/h6-8,12,14,19H,9,17H2,1-5H3,(H,18,20)/t12?,14-/m1/s1. The lowest BCUT2D eigenvalue weighted by molar-refractivity contribution is -0.125. The summed E-state index contributed by atoms with van der Waals surface area (Å²) < 4.78 is 10.4. The van der Waals surface area contributed by atoms with E-state index in [0.717, 1.165) is 0 Å². The molecule has 6 nitrogen and oxygen atoms in total. The largest absolute Gasteiger partial charge is 0.497 e. The molecule has 0 fully saturated rings. The van der Waals surface area contributed by atoms with Gasteiger partial charge in [0.2, 0.25) is 5.91 Å². The van der Waals surface area contributed by atoms with Gasteiger partial charge < -0.3 is 25.6 Å². The maximum atomic E-state index is 12.0. The number of aliphatic hydroxyl groups is 1. The van der Waals surface area contributed by atoms with Gasteiger partial charge in [0, 0.05) is 12.1 Å². The Morgan fingerprint density at radius 1 is 1.32 bits per heavy atom. The van der Waals surface area contributed by atoms with Crippen molar-refractivity contribution in [2.24, 2.45) is 11.1 Å². The van der Waals surface area contributed by atoms with Gasteiger partial charge in [-0.3, -0.25) is 4.79 Å². The fraction of sp³-hybridized carbons (Fsp3) is 0.562. The van der Waals surface area contributed by atoms with Crippen molar-refractivity contribution in [1.29, 1.82) is 0 Å². The molecule has 0 heterocycles. The van der Waals surface area contributed by atoms with Crippen molar-refractivity contribution in [2.45, 2.75) is 32.9 Å². The molecule has 0 spiro atoms. The summed E-state index contributed by atoms with van der Waals surface area (Å²) in [5, 5.41) is 13.0. The molecule has 1 aromatic carbocycles. The van der Waals surface area contributed by atoms with Gasteiger partial charge in [0.05, 0.1) is 26.4 Å². The van der Waals surface area contributed by atoms with E-state index >= 15 is 0 Å². The number of rotatable bonds is 6. The summed E-state index contributed by atoms with van der Waals surface area (Å²) in [7, 11) is 3.06. The number of carbonyl (C=O) groups excluding carboxylic acids is 1. The average Bonchev–Trinajstić information content (AvgIpc) is 2.49. The summed E-state index contributed by atoms with van der Waals surface area (Å²) >= 11 is 0. The van der Waals surface area contributed by atoms with Gasteiger partial charge in [-0.25, -0.2) is 0 Å². The summed E-state index contributed by atoms with van der Waals surface area (Å²) in [6.45, 7) is 5.71. The molecule has 6 heteroatoms. The Hall–Kier alpha value is -1.79. The monoisotopic (exact) mass is 310 g/mol. The molecule has 1 aromatic rings. The smallest absolute Gasteiger partial charge is 0.237 e. The molecule has 124 valence electrons. The molecule has 4 N–H and O–H groups in total. The number of ether oxygens (including phenoxy) is 2. The molecule has 22 heavy (non-hydrogen) atoms. The topological polar surface area (TPSA) is 93.8 Å². The van der Waals surface area contributed by atoms with Crippen molar-refractivity contribution in [3.8, 4) is 11.5 Å². The second kappa shape index (κ2) is 7.47. The molecule has 1 amide bonds. The first-order chi connectivity index (χ1) is 10.2. The molecule has 0 saturated carbocycles. The molecular weight excluding hydrogens is 284 g/mol. The van der Waals surface area contributed by atoms with E-state index in [1.165, 1.54) is 7.11 Å². The Kier molecular flexibility index (Phi) is 6.20. The zero-order chi connectivity index (χ0) is 16.9. The molecule has 0 aromatic heterocycles. The van der Waals surface area contributed by atoms with Gasteiger partial charge in [0.25, 0.3) is 0 Å². The fourth-order valence-electron chi connectivity index (χ4n) is 1.91. The van der Waals surface area contributed by atoms with Crippen LogP contribution in [0, 0.1) is 5.41 Å². The molecule has 0 saturated heterocycles. The molecule has 0 aliphatic rings. The Morgan fingerprint density at radius 3 is 2.45 bits per heavy atom. The van der Waals surface area contributed by atoms with Gasteiger partial charge in [-0.1, -0.05) is 20.8 Å². The molecule has 1 rings (SSSR count).